The predicted molar refractivity (Wildman–Crippen MR) is 86.0 cm³/mol. The molecule has 21 heavy (non-hydrogen) atoms. The van der Waals surface area contributed by atoms with Crippen LogP contribution in [0.2, 0.25) is 0 Å². The smallest absolute Gasteiger partial charge is 0.123 e. The first-order chi connectivity index (χ1) is 10.1. The van der Waals surface area contributed by atoms with Gasteiger partial charge in [0.25, 0.3) is 0 Å². The van der Waals surface area contributed by atoms with Crippen LogP contribution >= 0.6 is 0 Å². The Hall–Kier alpha value is -2.20. The number of methoxy groups -OCH3 is 1. The lowest BCUT2D eigenvalue weighted by Crippen LogP contribution is -2.13. The van der Waals surface area contributed by atoms with Crippen molar-refractivity contribution in [2.75, 3.05) is 26.1 Å². The van der Waals surface area contributed by atoms with E-state index in [1.54, 1.807) is 13.2 Å². The summed E-state index contributed by atoms with van der Waals surface area (Å²) in [7, 11) is 5.64. The summed E-state index contributed by atoms with van der Waals surface area (Å²) in [5, 5.41) is 13.2. The average molecular weight is 286 g/mol. The lowest BCUT2D eigenvalue weighted by atomic mass is 10.1. The van der Waals surface area contributed by atoms with Gasteiger partial charge in [-0.1, -0.05) is 18.2 Å². The van der Waals surface area contributed by atoms with Gasteiger partial charge in [0.15, 0.2) is 0 Å². The molecule has 0 aliphatic carbocycles. The summed E-state index contributed by atoms with van der Waals surface area (Å²) >= 11 is 0. The van der Waals surface area contributed by atoms with Gasteiger partial charge in [-0.2, -0.15) is 0 Å². The van der Waals surface area contributed by atoms with E-state index < -0.39 is 0 Å². The van der Waals surface area contributed by atoms with Crippen molar-refractivity contribution < 1.29 is 9.84 Å². The first kappa shape index (κ1) is 15.2. The van der Waals surface area contributed by atoms with Crippen molar-refractivity contribution in [3.8, 4) is 11.5 Å². The standard InChI is InChI=1S/C17H22N2O2/c1-19(2)15-7-4-13(5-8-15)11-18-12-14-6-9-16(21-3)10-17(14)20/h4-10,18,20H,11-12H2,1-3H3. The van der Waals surface area contributed by atoms with E-state index in [4.69, 9.17) is 4.74 Å². The highest BCUT2D eigenvalue weighted by molar-refractivity contribution is 5.46. The van der Waals surface area contributed by atoms with Crippen molar-refractivity contribution in [3.05, 3.63) is 53.6 Å². The van der Waals surface area contributed by atoms with Crippen LogP contribution in [-0.2, 0) is 13.1 Å². The maximum Gasteiger partial charge on any atom is 0.123 e. The van der Waals surface area contributed by atoms with Crippen molar-refractivity contribution in [1.82, 2.24) is 5.32 Å². The molecule has 2 rings (SSSR count). The van der Waals surface area contributed by atoms with Crippen LogP contribution in [0.3, 0.4) is 0 Å². The molecule has 4 heteroatoms. The summed E-state index contributed by atoms with van der Waals surface area (Å²) < 4.78 is 5.07. The van der Waals surface area contributed by atoms with E-state index in [-0.39, 0.29) is 5.75 Å². The molecule has 0 saturated heterocycles. The average Bonchev–Trinajstić information content (AvgIpc) is 2.49. The Morgan fingerprint density at radius 2 is 1.76 bits per heavy atom. The number of nitrogens with zero attached hydrogens (tertiary/aromatic N) is 1. The molecular formula is C17H22N2O2. The highest BCUT2D eigenvalue weighted by Gasteiger charge is 2.03. The number of hydrogen-bond acceptors (Lipinski definition) is 4. The minimum atomic E-state index is 0.254. The zero-order valence-corrected chi connectivity index (χ0v) is 12.8. The Morgan fingerprint density at radius 1 is 1.05 bits per heavy atom. The highest BCUT2D eigenvalue weighted by Crippen LogP contribution is 2.23. The summed E-state index contributed by atoms with van der Waals surface area (Å²) in [6.45, 7) is 1.38. The third-order valence-corrected chi connectivity index (χ3v) is 3.39. The number of benzene rings is 2. The van der Waals surface area contributed by atoms with Crippen LogP contribution in [0.5, 0.6) is 11.5 Å². The number of aromatic hydroxyl groups is 1. The first-order valence-electron chi connectivity index (χ1n) is 6.93. The van der Waals surface area contributed by atoms with Crippen molar-refractivity contribution in [2.24, 2.45) is 0 Å². The molecule has 0 unspecified atom stereocenters. The topological polar surface area (TPSA) is 44.7 Å². The van der Waals surface area contributed by atoms with Gasteiger partial charge in [-0.05, 0) is 23.8 Å². The van der Waals surface area contributed by atoms with Gasteiger partial charge < -0.3 is 20.1 Å². The molecule has 2 aromatic carbocycles. The molecule has 2 aromatic rings. The molecule has 0 aromatic heterocycles. The molecule has 0 atom stereocenters. The predicted octanol–water partition coefficient (Wildman–Crippen LogP) is 2.76. The SMILES string of the molecule is COc1ccc(CNCc2ccc(N(C)C)cc2)c(O)c1. The number of ether oxygens (including phenoxy) is 1. The van der Waals surface area contributed by atoms with E-state index in [0.29, 0.717) is 12.3 Å². The van der Waals surface area contributed by atoms with Crippen LogP contribution in [-0.4, -0.2) is 26.3 Å². The largest absolute Gasteiger partial charge is 0.507 e. The number of phenolic OH excluding ortho intramolecular Hbond substituents is 1. The maximum absolute atomic E-state index is 9.89. The molecular weight excluding hydrogens is 264 g/mol. The Kier molecular flexibility index (Phi) is 5.06. The normalized spacial score (nSPS) is 10.4. The zero-order valence-electron chi connectivity index (χ0n) is 12.8. The summed E-state index contributed by atoms with van der Waals surface area (Å²) in [5.74, 6) is 0.917. The lowest BCUT2D eigenvalue weighted by Gasteiger charge is -2.13. The summed E-state index contributed by atoms with van der Waals surface area (Å²) in [5.41, 5.74) is 3.26. The fourth-order valence-corrected chi connectivity index (χ4v) is 2.07. The summed E-state index contributed by atoms with van der Waals surface area (Å²) in [6.07, 6.45) is 0. The number of anilines is 1. The van der Waals surface area contributed by atoms with Gasteiger partial charge in [0.1, 0.15) is 11.5 Å². The molecule has 2 N–H and O–H groups in total. The highest BCUT2D eigenvalue weighted by atomic mass is 16.5. The fraction of sp³-hybridized carbons (Fsp3) is 0.294. The Bertz CT molecular complexity index is 580. The molecule has 112 valence electrons. The van der Waals surface area contributed by atoms with Crippen LogP contribution < -0.4 is 15.0 Å². The number of rotatable bonds is 6. The van der Waals surface area contributed by atoms with Crippen LogP contribution in [0.4, 0.5) is 5.69 Å². The number of nitrogens with one attached hydrogen (secondary N) is 1. The molecule has 0 heterocycles. The molecule has 0 radical (unpaired) electrons. The van der Waals surface area contributed by atoms with E-state index in [9.17, 15) is 5.11 Å². The molecule has 0 saturated carbocycles. The van der Waals surface area contributed by atoms with Gasteiger partial charge in [-0.25, -0.2) is 0 Å². The number of hydrogen-bond donors (Lipinski definition) is 2. The monoisotopic (exact) mass is 286 g/mol. The van der Waals surface area contributed by atoms with E-state index in [1.807, 2.05) is 26.2 Å². The Labute approximate surface area is 126 Å². The van der Waals surface area contributed by atoms with E-state index in [1.165, 1.54) is 11.3 Å². The molecule has 4 nitrogen and oxygen atoms in total. The van der Waals surface area contributed by atoms with Gasteiger partial charge in [0, 0.05) is 44.5 Å². The summed E-state index contributed by atoms with van der Waals surface area (Å²) in [4.78, 5) is 2.08. The third-order valence-electron chi connectivity index (χ3n) is 3.39. The molecule has 0 amide bonds. The molecule has 0 bridgehead atoms. The van der Waals surface area contributed by atoms with E-state index in [2.05, 4.69) is 34.5 Å². The maximum atomic E-state index is 9.89. The Morgan fingerprint density at radius 3 is 2.33 bits per heavy atom. The van der Waals surface area contributed by atoms with Crippen molar-refractivity contribution in [3.63, 3.8) is 0 Å². The quantitative estimate of drug-likeness (QED) is 0.857. The molecule has 0 aliphatic rings. The molecule has 0 spiro atoms. The van der Waals surface area contributed by atoms with E-state index in [0.717, 1.165) is 12.1 Å². The van der Waals surface area contributed by atoms with Gasteiger partial charge in [-0.15, -0.1) is 0 Å². The van der Waals surface area contributed by atoms with Gasteiger partial charge in [0.05, 0.1) is 7.11 Å². The van der Waals surface area contributed by atoms with Gasteiger partial charge in [0.2, 0.25) is 0 Å². The number of phenols is 1. The second kappa shape index (κ2) is 6.99. The van der Waals surface area contributed by atoms with Gasteiger partial charge in [-0.3, -0.25) is 0 Å². The van der Waals surface area contributed by atoms with Crippen molar-refractivity contribution in [1.29, 1.82) is 0 Å². The zero-order chi connectivity index (χ0) is 15.2. The molecule has 0 aliphatic heterocycles. The molecule has 0 fully saturated rings. The van der Waals surface area contributed by atoms with Crippen molar-refractivity contribution >= 4 is 5.69 Å². The van der Waals surface area contributed by atoms with Crippen molar-refractivity contribution in [2.45, 2.75) is 13.1 Å². The first-order valence-corrected chi connectivity index (χ1v) is 6.93. The Balaban J connectivity index is 1.89. The second-order valence-electron chi connectivity index (χ2n) is 5.16. The minimum Gasteiger partial charge on any atom is -0.507 e. The van der Waals surface area contributed by atoms with E-state index >= 15 is 0 Å². The summed E-state index contributed by atoms with van der Waals surface area (Å²) in [6, 6.07) is 13.8. The van der Waals surface area contributed by atoms with Crippen LogP contribution in [0.15, 0.2) is 42.5 Å². The van der Waals surface area contributed by atoms with Crippen LogP contribution in [0, 0.1) is 0 Å². The third kappa shape index (κ3) is 4.13. The minimum absolute atomic E-state index is 0.254. The van der Waals surface area contributed by atoms with Gasteiger partial charge >= 0.3 is 0 Å². The lowest BCUT2D eigenvalue weighted by molar-refractivity contribution is 0.406. The van der Waals surface area contributed by atoms with Crippen LogP contribution in [0.25, 0.3) is 0 Å². The fourth-order valence-electron chi connectivity index (χ4n) is 2.07. The van der Waals surface area contributed by atoms with Crippen LogP contribution in [0.1, 0.15) is 11.1 Å². The second-order valence-corrected chi connectivity index (χ2v) is 5.16.